The van der Waals surface area contributed by atoms with Crippen molar-refractivity contribution in [3.8, 4) is 11.8 Å². The number of fused-ring (bicyclic) bond motifs is 1. The molecular formula is C21H24ClN5O. The Morgan fingerprint density at radius 2 is 1.96 bits per heavy atom. The number of imidazole rings is 1. The molecule has 0 fully saturated rings. The Morgan fingerprint density at radius 3 is 2.61 bits per heavy atom. The van der Waals surface area contributed by atoms with E-state index in [0.717, 1.165) is 5.56 Å². The van der Waals surface area contributed by atoms with Gasteiger partial charge in [0.1, 0.15) is 5.60 Å². The summed E-state index contributed by atoms with van der Waals surface area (Å²) in [5.74, 6) is 6.72. The third-order valence-electron chi connectivity index (χ3n) is 4.48. The van der Waals surface area contributed by atoms with E-state index in [1.165, 1.54) is 0 Å². The van der Waals surface area contributed by atoms with Crippen LogP contribution in [0.15, 0.2) is 30.6 Å². The molecule has 0 aliphatic carbocycles. The molecule has 0 radical (unpaired) electrons. The Morgan fingerprint density at radius 1 is 1.25 bits per heavy atom. The smallest absolute Gasteiger partial charge is 0.209 e. The third-order valence-corrected chi connectivity index (χ3v) is 4.73. The lowest BCUT2D eigenvalue weighted by Gasteiger charge is -2.12. The summed E-state index contributed by atoms with van der Waals surface area (Å²) >= 11 is 5.95. The van der Waals surface area contributed by atoms with Crippen LogP contribution >= 0.6 is 11.6 Å². The van der Waals surface area contributed by atoms with Crippen molar-refractivity contribution in [2.45, 2.75) is 52.3 Å². The summed E-state index contributed by atoms with van der Waals surface area (Å²) in [5, 5.41) is 14.2. The van der Waals surface area contributed by atoms with Crippen LogP contribution in [0.4, 0.5) is 5.82 Å². The van der Waals surface area contributed by atoms with Gasteiger partial charge in [-0.15, -0.1) is 0 Å². The monoisotopic (exact) mass is 397 g/mol. The SMILES string of the molecule is CC[C@](C)(O)C#Cc1nc(NCc2ccc(Cl)cc2)c2ncn(C(C)C)c2n1. The quantitative estimate of drug-likeness (QED) is 0.631. The first-order valence-electron chi connectivity index (χ1n) is 9.27. The van der Waals surface area contributed by atoms with Crippen molar-refractivity contribution in [2.75, 3.05) is 5.32 Å². The number of rotatable bonds is 5. The van der Waals surface area contributed by atoms with Gasteiger partial charge in [-0.05, 0) is 50.8 Å². The summed E-state index contributed by atoms with van der Waals surface area (Å²) in [4.78, 5) is 13.6. The van der Waals surface area contributed by atoms with Crippen molar-refractivity contribution >= 4 is 28.6 Å². The van der Waals surface area contributed by atoms with Gasteiger partial charge in [0.15, 0.2) is 17.0 Å². The molecule has 146 valence electrons. The maximum absolute atomic E-state index is 10.2. The van der Waals surface area contributed by atoms with Gasteiger partial charge in [0.05, 0.1) is 6.33 Å². The minimum atomic E-state index is -1.08. The molecule has 1 aromatic carbocycles. The summed E-state index contributed by atoms with van der Waals surface area (Å²) < 4.78 is 1.98. The largest absolute Gasteiger partial charge is 0.378 e. The number of hydrogen-bond acceptors (Lipinski definition) is 5. The first-order chi connectivity index (χ1) is 13.3. The topological polar surface area (TPSA) is 75.9 Å². The molecule has 28 heavy (non-hydrogen) atoms. The first kappa shape index (κ1) is 20.1. The zero-order valence-corrected chi connectivity index (χ0v) is 17.2. The molecule has 2 heterocycles. The number of aliphatic hydroxyl groups is 1. The molecule has 0 unspecified atom stereocenters. The number of nitrogens with one attached hydrogen (secondary N) is 1. The van der Waals surface area contributed by atoms with Crippen LogP contribution in [-0.4, -0.2) is 30.2 Å². The van der Waals surface area contributed by atoms with E-state index in [1.807, 2.05) is 35.8 Å². The highest BCUT2D eigenvalue weighted by Gasteiger charge is 2.16. The van der Waals surface area contributed by atoms with Gasteiger partial charge < -0.3 is 15.0 Å². The molecule has 0 bridgehead atoms. The lowest BCUT2D eigenvalue weighted by atomic mass is 10.1. The lowest BCUT2D eigenvalue weighted by molar-refractivity contribution is 0.118. The number of nitrogens with zero attached hydrogens (tertiary/aromatic N) is 4. The Balaban J connectivity index is 2.00. The third kappa shape index (κ3) is 4.61. The zero-order valence-electron chi connectivity index (χ0n) is 16.5. The van der Waals surface area contributed by atoms with Crippen molar-refractivity contribution in [2.24, 2.45) is 0 Å². The number of benzene rings is 1. The van der Waals surface area contributed by atoms with E-state index in [9.17, 15) is 5.11 Å². The summed E-state index contributed by atoms with van der Waals surface area (Å²) in [6, 6.07) is 7.82. The fraction of sp³-hybridized carbons (Fsp3) is 0.381. The van der Waals surface area contributed by atoms with E-state index in [2.05, 4.69) is 46.0 Å². The highest BCUT2D eigenvalue weighted by Crippen LogP contribution is 2.22. The highest BCUT2D eigenvalue weighted by molar-refractivity contribution is 6.30. The molecule has 0 saturated heterocycles. The molecule has 0 saturated carbocycles. The maximum atomic E-state index is 10.2. The second-order valence-electron chi connectivity index (χ2n) is 7.17. The highest BCUT2D eigenvalue weighted by atomic mass is 35.5. The second kappa shape index (κ2) is 8.17. The van der Waals surface area contributed by atoms with Crippen molar-refractivity contribution < 1.29 is 5.11 Å². The summed E-state index contributed by atoms with van der Waals surface area (Å²) in [6.45, 7) is 8.26. The van der Waals surface area contributed by atoms with Crippen LogP contribution in [0.25, 0.3) is 11.2 Å². The van der Waals surface area contributed by atoms with Gasteiger partial charge in [0.2, 0.25) is 5.82 Å². The van der Waals surface area contributed by atoms with E-state index in [0.29, 0.717) is 40.8 Å². The molecule has 2 aromatic heterocycles. The van der Waals surface area contributed by atoms with Crippen LogP contribution in [0.2, 0.25) is 5.02 Å². The summed E-state index contributed by atoms with van der Waals surface area (Å²) in [7, 11) is 0. The van der Waals surface area contributed by atoms with Gasteiger partial charge in [-0.1, -0.05) is 36.6 Å². The molecule has 2 N–H and O–H groups in total. The predicted octanol–water partition coefficient (Wildman–Crippen LogP) is 4.19. The first-order valence-corrected chi connectivity index (χ1v) is 9.65. The average Bonchev–Trinajstić information content (AvgIpc) is 3.10. The average molecular weight is 398 g/mol. The Labute approximate surface area is 170 Å². The lowest BCUT2D eigenvalue weighted by Crippen LogP contribution is -2.19. The molecule has 0 spiro atoms. The van der Waals surface area contributed by atoms with Crippen LogP contribution in [0.1, 0.15) is 51.5 Å². The van der Waals surface area contributed by atoms with Gasteiger partial charge >= 0.3 is 0 Å². The van der Waals surface area contributed by atoms with Crippen LogP contribution in [0.3, 0.4) is 0 Å². The fourth-order valence-corrected chi connectivity index (χ4v) is 2.67. The number of halogens is 1. The normalized spacial score (nSPS) is 13.2. The molecule has 6 nitrogen and oxygen atoms in total. The molecule has 3 aromatic rings. The zero-order chi connectivity index (χ0) is 20.3. The number of hydrogen-bond donors (Lipinski definition) is 2. The van der Waals surface area contributed by atoms with Crippen LogP contribution in [0, 0.1) is 11.8 Å². The molecule has 0 aliphatic rings. The van der Waals surface area contributed by atoms with Crippen molar-refractivity contribution in [3.05, 3.63) is 47.0 Å². The molecule has 7 heteroatoms. The molecule has 3 rings (SSSR count). The predicted molar refractivity (Wildman–Crippen MR) is 112 cm³/mol. The van der Waals surface area contributed by atoms with Crippen molar-refractivity contribution in [1.82, 2.24) is 19.5 Å². The minimum absolute atomic E-state index is 0.198. The van der Waals surface area contributed by atoms with Crippen molar-refractivity contribution in [3.63, 3.8) is 0 Å². The summed E-state index contributed by atoms with van der Waals surface area (Å²) in [6.07, 6.45) is 2.28. The van der Waals surface area contributed by atoms with Crippen LogP contribution in [-0.2, 0) is 6.54 Å². The minimum Gasteiger partial charge on any atom is -0.378 e. The second-order valence-corrected chi connectivity index (χ2v) is 7.61. The van der Waals surface area contributed by atoms with Gasteiger partial charge in [0.25, 0.3) is 0 Å². The van der Waals surface area contributed by atoms with E-state index in [1.54, 1.807) is 13.3 Å². The molecule has 0 amide bonds. The fourth-order valence-electron chi connectivity index (χ4n) is 2.54. The molecule has 1 atom stereocenters. The van der Waals surface area contributed by atoms with Crippen LogP contribution < -0.4 is 5.32 Å². The van der Waals surface area contributed by atoms with E-state index >= 15 is 0 Å². The van der Waals surface area contributed by atoms with Gasteiger partial charge in [-0.2, -0.15) is 0 Å². The number of anilines is 1. The Hall–Kier alpha value is -2.62. The van der Waals surface area contributed by atoms with E-state index < -0.39 is 5.60 Å². The summed E-state index contributed by atoms with van der Waals surface area (Å²) in [5.41, 5.74) is 1.40. The van der Waals surface area contributed by atoms with Gasteiger partial charge in [0, 0.05) is 17.6 Å². The van der Waals surface area contributed by atoms with Gasteiger partial charge in [-0.25, -0.2) is 15.0 Å². The molecule has 0 aliphatic heterocycles. The Kier molecular flexibility index (Phi) is 5.87. The van der Waals surface area contributed by atoms with Crippen molar-refractivity contribution in [1.29, 1.82) is 0 Å². The van der Waals surface area contributed by atoms with E-state index in [-0.39, 0.29) is 6.04 Å². The standard InChI is InChI=1S/C21H24ClN5O/c1-5-21(4,28)11-10-17-25-19(23-12-15-6-8-16(22)9-7-15)18-20(26-17)27(13-24-18)14(2)3/h6-9,13-14,28H,5,12H2,1-4H3,(H,23,25,26)/t21-/m0/s1. The number of aromatic nitrogens is 4. The van der Waals surface area contributed by atoms with Crippen LogP contribution in [0.5, 0.6) is 0 Å². The van der Waals surface area contributed by atoms with Gasteiger partial charge in [-0.3, -0.25) is 0 Å². The van der Waals surface area contributed by atoms with E-state index in [4.69, 9.17) is 11.6 Å². The molecular weight excluding hydrogens is 374 g/mol. The Bertz CT molecular complexity index is 1030. The maximum Gasteiger partial charge on any atom is 0.209 e.